The van der Waals surface area contributed by atoms with Crippen LogP contribution in [-0.4, -0.2) is 16.6 Å². The summed E-state index contributed by atoms with van der Waals surface area (Å²) in [6.07, 6.45) is 4.01. The molecule has 23 heavy (non-hydrogen) atoms. The Hall–Kier alpha value is -2.68. The number of benzene rings is 1. The Balaban J connectivity index is 1.84. The Morgan fingerprint density at radius 1 is 1.04 bits per heavy atom. The quantitative estimate of drug-likeness (QED) is 0.702. The molecule has 0 radical (unpaired) electrons. The predicted molar refractivity (Wildman–Crippen MR) is 91.5 cm³/mol. The van der Waals surface area contributed by atoms with Crippen LogP contribution in [0.4, 0.5) is 0 Å². The van der Waals surface area contributed by atoms with Crippen LogP contribution in [0.1, 0.15) is 17.7 Å². The highest BCUT2D eigenvalue weighted by atomic mass is 16.5. The van der Waals surface area contributed by atoms with Crippen LogP contribution in [0.15, 0.2) is 54.7 Å². The summed E-state index contributed by atoms with van der Waals surface area (Å²) in [5.74, 6) is 0.988. The second-order valence-corrected chi connectivity index (χ2v) is 5.84. The van der Waals surface area contributed by atoms with Crippen molar-refractivity contribution in [2.24, 2.45) is 0 Å². The van der Waals surface area contributed by atoms with Crippen LogP contribution in [0.5, 0.6) is 5.75 Å². The van der Waals surface area contributed by atoms with Gasteiger partial charge in [0.05, 0.1) is 18.0 Å². The number of nitrogens with zero attached hydrogens (tertiary/aromatic N) is 2. The van der Waals surface area contributed by atoms with E-state index in [0.29, 0.717) is 0 Å². The van der Waals surface area contributed by atoms with Crippen LogP contribution < -0.4 is 4.74 Å². The number of pyridine rings is 2. The third kappa shape index (κ3) is 2.70. The topological polar surface area (TPSA) is 35.0 Å². The van der Waals surface area contributed by atoms with Gasteiger partial charge in [0.25, 0.3) is 0 Å². The van der Waals surface area contributed by atoms with Gasteiger partial charge in [-0.3, -0.25) is 9.97 Å². The summed E-state index contributed by atoms with van der Waals surface area (Å²) in [4.78, 5) is 9.25. The van der Waals surface area contributed by atoms with Gasteiger partial charge in [-0.25, -0.2) is 0 Å². The summed E-state index contributed by atoms with van der Waals surface area (Å²) >= 11 is 0. The summed E-state index contributed by atoms with van der Waals surface area (Å²) in [6, 6.07) is 16.5. The molecule has 0 saturated heterocycles. The van der Waals surface area contributed by atoms with Crippen LogP contribution in [0, 0.1) is 6.92 Å². The van der Waals surface area contributed by atoms with Crippen molar-refractivity contribution in [3.63, 3.8) is 0 Å². The Kier molecular flexibility index (Phi) is 3.54. The molecule has 3 heterocycles. The Labute approximate surface area is 136 Å². The Morgan fingerprint density at radius 3 is 2.91 bits per heavy atom. The highest BCUT2D eigenvalue weighted by Gasteiger charge is 2.14. The largest absolute Gasteiger partial charge is 0.493 e. The molecule has 3 nitrogen and oxygen atoms in total. The first kappa shape index (κ1) is 13.9. The first-order valence-corrected chi connectivity index (χ1v) is 7.96. The van der Waals surface area contributed by atoms with Crippen molar-refractivity contribution in [2.75, 3.05) is 6.61 Å². The normalized spacial score (nSPS) is 13.3. The molecule has 3 heteroatoms. The van der Waals surface area contributed by atoms with E-state index < -0.39 is 0 Å². The maximum Gasteiger partial charge on any atom is 0.123 e. The van der Waals surface area contributed by atoms with Crippen molar-refractivity contribution in [1.82, 2.24) is 9.97 Å². The molecule has 0 saturated carbocycles. The predicted octanol–water partition coefficient (Wildman–Crippen LogP) is 4.44. The first-order valence-electron chi connectivity index (χ1n) is 7.96. The molecule has 2 aromatic heterocycles. The van der Waals surface area contributed by atoms with Crippen molar-refractivity contribution >= 4 is 0 Å². The molecule has 3 aromatic rings. The van der Waals surface area contributed by atoms with Crippen molar-refractivity contribution < 1.29 is 4.74 Å². The van der Waals surface area contributed by atoms with Crippen molar-refractivity contribution in [3.05, 3.63) is 66.0 Å². The van der Waals surface area contributed by atoms with Crippen LogP contribution >= 0.6 is 0 Å². The summed E-state index contributed by atoms with van der Waals surface area (Å²) < 4.78 is 5.81. The lowest BCUT2D eigenvalue weighted by Gasteiger charge is -2.18. The number of aryl methyl sites for hydroxylation is 2. The minimum Gasteiger partial charge on any atom is -0.493 e. The van der Waals surface area contributed by atoms with Gasteiger partial charge in [-0.15, -0.1) is 0 Å². The zero-order valence-corrected chi connectivity index (χ0v) is 13.1. The van der Waals surface area contributed by atoms with E-state index in [0.717, 1.165) is 53.4 Å². The number of hydrogen-bond donors (Lipinski definition) is 0. The van der Waals surface area contributed by atoms with Crippen molar-refractivity contribution in [3.8, 4) is 28.3 Å². The number of fused-ring (bicyclic) bond motifs is 1. The second kappa shape index (κ2) is 5.84. The maximum absolute atomic E-state index is 5.81. The van der Waals surface area contributed by atoms with E-state index in [1.54, 1.807) is 0 Å². The second-order valence-electron chi connectivity index (χ2n) is 5.84. The monoisotopic (exact) mass is 302 g/mol. The minimum atomic E-state index is 0.797. The third-order valence-electron chi connectivity index (χ3n) is 4.16. The first-order chi connectivity index (χ1) is 11.3. The highest BCUT2D eigenvalue weighted by molar-refractivity contribution is 5.79. The van der Waals surface area contributed by atoms with E-state index in [1.165, 1.54) is 5.56 Å². The van der Waals surface area contributed by atoms with Gasteiger partial charge in [0, 0.05) is 23.0 Å². The molecule has 0 unspecified atom stereocenters. The highest BCUT2D eigenvalue weighted by Crippen LogP contribution is 2.34. The molecule has 0 spiro atoms. The third-order valence-corrected chi connectivity index (χ3v) is 4.16. The van der Waals surface area contributed by atoms with E-state index in [1.807, 2.05) is 37.4 Å². The van der Waals surface area contributed by atoms with Crippen LogP contribution in [0.25, 0.3) is 22.5 Å². The van der Waals surface area contributed by atoms with E-state index in [2.05, 4.69) is 34.2 Å². The van der Waals surface area contributed by atoms with Gasteiger partial charge in [0.1, 0.15) is 5.75 Å². The molecule has 0 N–H and O–H groups in total. The van der Waals surface area contributed by atoms with Gasteiger partial charge in [0.15, 0.2) is 0 Å². The summed E-state index contributed by atoms with van der Waals surface area (Å²) in [5, 5.41) is 0. The number of hydrogen-bond acceptors (Lipinski definition) is 3. The Bertz CT molecular complexity index is 858. The maximum atomic E-state index is 5.81. The van der Waals surface area contributed by atoms with E-state index >= 15 is 0 Å². The van der Waals surface area contributed by atoms with Gasteiger partial charge in [-0.2, -0.15) is 0 Å². The average molecular weight is 302 g/mol. The average Bonchev–Trinajstić information content (AvgIpc) is 2.61. The van der Waals surface area contributed by atoms with Gasteiger partial charge >= 0.3 is 0 Å². The van der Waals surface area contributed by atoms with E-state index in [-0.39, 0.29) is 0 Å². The molecule has 1 aliphatic heterocycles. The lowest BCUT2D eigenvalue weighted by atomic mass is 9.99. The molecule has 0 aliphatic carbocycles. The van der Waals surface area contributed by atoms with Crippen LogP contribution in [0.3, 0.4) is 0 Å². The lowest BCUT2D eigenvalue weighted by Crippen LogP contribution is -2.08. The van der Waals surface area contributed by atoms with E-state index in [4.69, 9.17) is 4.74 Å². The molecule has 0 amide bonds. The number of ether oxygens (including phenoxy) is 1. The van der Waals surface area contributed by atoms with Crippen LogP contribution in [0.2, 0.25) is 0 Å². The molecule has 0 atom stereocenters. The van der Waals surface area contributed by atoms with E-state index in [9.17, 15) is 0 Å². The zero-order valence-electron chi connectivity index (χ0n) is 13.1. The molecule has 114 valence electrons. The molecule has 1 aliphatic rings. The Morgan fingerprint density at radius 2 is 2.00 bits per heavy atom. The fraction of sp³-hybridized carbons (Fsp3) is 0.200. The molecule has 1 aromatic carbocycles. The minimum absolute atomic E-state index is 0.797. The molecular weight excluding hydrogens is 284 g/mol. The van der Waals surface area contributed by atoms with Gasteiger partial charge in [0.2, 0.25) is 0 Å². The van der Waals surface area contributed by atoms with Crippen LogP contribution in [-0.2, 0) is 6.42 Å². The summed E-state index contributed by atoms with van der Waals surface area (Å²) in [6.45, 7) is 2.80. The lowest BCUT2D eigenvalue weighted by molar-refractivity contribution is 0.288. The SMILES string of the molecule is Cc1cccc(-c2cccnc2-c2ccc3c(c2)OCCC3)n1. The summed E-state index contributed by atoms with van der Waals surface area (Å²) in [5.41, 5.74) is 6.31. The smallest absolute Gasteiger partial charge is 0.123 e. The number of aromatic nitrogens is 2. The zero-order chi connectivity index (χ0) is 15.6. The molecule has 4 rings (SSSR count). The standard InChI is InChI=1S/C20H18N2O/c1-14-5-2-8-18(22-14)17-7-3-11-21-20(17)16-10-9-15-6-4-12-23-19(15)13-16/h2-3,5,7-11,13H,4,6,12H2,1H3. The summed E-state index contributed by atoms with van der Waals surface area (Å²) in [7, 11) is 0. The van der Waals surface area contributed by atoms with Gasteiger partial charge in [-0.05, 0) is 55.7 Å². The van der Waals surface area contributed by atoms with Crippen molar-refractivity contribution in [1.29, 1.82) is 0 Å². The fourth-order valence-corrected chi connectivity index (χ4v) is 3.02. The van der Waals surface area contributed by atoms with Gasteiger partial charge in [-0.1, -0.05) is 18.2 Å². The molecule has 0 fully saturated rings. The van der Waals surface area contributed by atoms with Gasteiger partial charge < -0.3 is 4.74 Å². The number of rotatable bonds is 2. The fourth-order valence-electron chi connectivity index (χ4n) is 3.02. The molecule has 0 bridgehead atoms. The molecular formula is C20H18N2O. The van der Waals surface area contributed by atoms with Crippen molar-refractivity contribution in [2.45, 2.75) is 19.8 Å².